The molecule has 0 N–H and O–H groups in total. The van der Waals surface area contributed by atoms with Crippen LogP contribution in [0, 0.1) is 37.3 Å². The van der Waals surface area contributed by atoms with Crippen LogP contribution >= 0.6 is 7.81 Å². The summed E-state index contributed by atoms with van der Waals surface area (Å²) in [6.45, 7) is 0. The number of nitrogens with zero attached hydrogens (tertiary/aromatic N) is 1. The Hall–Kier alpha value is -2.34. The molecule has 4 rings (SSSR count). The van der Waals surface area contributed by atoms with Gasteiger partial charge in [0.05, 0.1) is 0 Å². The summed E-state index contributed by atoms with van der Waals surface area (Å²) in [7, 11) is -10.7. The van der Waals surface area contributed by atoms with Crippen molar-refractivity contribution in [3.8, 4) is 0 Å². The standard InChI is InChI=1S/C19H15NO.C5H5.F6P.Fe/c21-20(18-14-8-3-9-15-18)19(16-10-4-1-5-11-16)17-12-6-2-7-13-17;1-2-4-5-3-1;1-7(2,3,4,5)6;/h1-15H;1-5H;;/q;;-1;+2. The van der Waals surface area contributed by atoms with Crippen LogP contribution in [0.1, 0.15) is 11.1 Å². The molecule has 0 amide bonds. The van der Waals surface area contributed by atoms with E-state index in [1.54, 1.807) is 0 Å². The van der Waals surface area contributed by atoms with E-state index in [1.807, 2.05) is 123 Å². The molecule has 5 radical (unpaired) electrons. The molecule has 1 aliphatic carbocycles. The molecule has 0 heterocycles. The van der Waals surface area contributed by atoms with Crippen molar-refractivity contribution in [1.82, 2.24) is 0 Å². The molecule has 34 heavy (non-hydrogen) atoms. The Labute approximate surface area is 205 Å². The summed E-state index contributed by atoms with van der Waals surface area (Å²) in [5.74, 6) is 0. The summed E-state index contributed by atoms with van der Waals surface area (Å²) in [6.07, 6.45) is 10.0. The van der Waals surface area contributed by atoms with E-state index in [2.05, 4.69) is 0 Å². The molecular weight excluding hydrogens is 519 g/mol. The van der Waals surface area contributed by atoms with Gasteiger partial charge in [0.25, 0.3) is 0 Å². The van der Waals surface area contributed by atoms with Crippen LogP contribution in [0.25, 0.3) is 0 Å². The first kappa shape index (κ1) is 29.7. The first-order valence-corrected chi connectivity index (χ1v) is 11.6. The van der Waals surface area contributed by atoms with E-state index in [1.165, 1.54) is 0 Å². The molecule has 0 aliphatic heterocycles. The van der Waals surface area contributed by atoms with E-state index in [9.17, 15) is 30.4 Å². The zero-order chi connectivity index (χ0) is 24.4. The summed E-state index contributed by atoms with van der Waals surface area (Å²) < 4.78 is 60.2. The summed E-state index contributed by atoms with van der Waals surface area (Å²) in [5, 5.41) is 12.8. The normalized spacial score (nSPS) is 14.5. The molecule has 0 atom stereocenters. The third kappa shape index (κ3) is 13.4. The molecule has 1 saturated carbocycles. The second kappa shape index (κ2) is 11.9. The Bertz CT molecular complexity index is 967. The van der Waals surface area contributed by atoms with Crippen LogP contribution in [0.2, 0.25) is 0 Å². The van der Waals surface area contributed by atoms with E-state index < -0.39 is 7.81 Å². The van der Waals surface area contributed by atoms with Gasteiger partial charge in [0, 0.05) is 23.3 Å². The Kier molecular flexibility index (Phi) is 10.4. The molecule has 1 aliphatic rings. The van der Waals surface area contributed by atoms with Crippen LogP contribution in [0.4, 0.5) is 30.9 Å². The number of para-hydroxylation sites is 1. The maximum absolute atomic E-state index is 12.8. The Balaban J connectivity index is 0.000000368. The zero-order valence-electron chi connectivity index (χ0n) is 17.5. The van der Waals surface area contributed by atoms with Gasteiger partial charge in [-0.1, -0.05) is 54.6 Å². The van der Waals surface area contributed by atoms with Gasteiger partial charge < -0.3 is 5.21 Å². The molecule has 0 unspecified atom stereocenters. The second-order valence-corrected chi connectivity index (χ2v) is 8.55. The third-order valence-corrected chi connectivity index (χ3v) is 3.84. The van der Waals surface area contributed by atoms with E-state index in [0.717, 1.165) is 15.9 Å². The minimum Gasteiger partial charge on any atom is -0.618 e. The molecule has 0 spiro atoms. The fourth-order valence-electron chi connectivity index (χ4n) is 2.61. The van der Waals surface area contributed by atoms with Gasteiger partial charge in [0.2, 0.25) is 11.4 Å². The number of halogens is 6. The minimum absolute atomic E-state index is 0. The molecular formula is C24H20F6FeNOP+. The molecule has 1 fully saturated rings. The predicted octanol–water partition coefficient (Wildman–Crippen LogP) is 8.77. The molecule has 10 heteroatoms. The van der Waals surface area contributed by atoms with E-state index >= 15 is 0 Å². The number of hydrogen-bond donors (Lipinski definition) is 0. The van der Waals surface area contributed by atoms with Gasteiger partial charge >= 0.3 is 50.1 Å². The molecule has 3 aromatic rings. The van der Waals surface area contributed by atoms with Crippen molar-refractivity contribution in [2.24, 2.45) is 0 Å². The molecule has 181 valence electrons. The molecule has 0 bridgehead atoms. The topological polar surface area (TPSA) is 26.1 Å². The summed E-state index contributed by atoms with van der Waals surface area (Å²) >= 11 is 0. The van der Waals surface area contributed by atoms with Crippen molar-refractivity contribution in [3.05, 3.63) is 139 Å². The van der Waals surface area contributed by atoms with Crippen molar-refractivity contribution < 1.29 is 47.0 Å². The van der Waals surface area contributed by atoms with Crippen LogP contribution < -0.4 is 0 Å². The van der Waals surface area contributed by atoms with Gasteiger partial charge in [0.1, 0.15) is 0 Å². The van der Waals surface area contributed by atoms with E-state index in [4.69, 9.17) is 0 Å². The van der Waals surface area contributed by atoms with Gasteiger partial charge in [-0.2, -0.15) is 4.74 Å². The zero-order valence-corrected chi connectivity index (χ0v) is 19.5. The number of rotatable bonds is 3. The Morgan fingerprint density at radius 1 is 0.529 bits per heavy atom. The van der Waals surface area contributed by atoms with E-state index in [-0.39, 0.29) is 17.1 Å². The smallest absolute Gasteiger partial charge is 0.618 e. The SMILES string of the molecule is F[P-](F)(F)(F)(F)F.[CH]1[CH][CH][CH][CH]1.[Fe+2].[O-][N+](=C(c1ccccc1)c1ccccc1)c1ccccc1. The maximum atomic E-state index is 12.8. The first-order valence-electron chi connectivity index (χ1n) is 9.54. The Morgan fingerprint density at radius 3 is 1.09 bits per heavy atom. The molecule has 0 aromatic heterocycles. The van der Waals surface area contributed by atoms with Gasteiger partial charge in [0.15, 0.2) is 0 Å². The van der Waals surface area contributed by atoms with Crippen molar-refractivity contribution in [1.29, 1.82) is 0 Å². The maximum Gasteiger partial charge on any atom is 2.00 e. The van der Waals surface area contributed by atoms with Gasteiger partial charge in [-0.25, -0.2) is 0 Å². The average molecular weight is 539 g/mol. The van der Waals surface area contributed by atoms with Gasteiger partial charge in [-0.05, 0) is 56.4 Å². The average Bonchev–Trinajstić information content (AvgIpc) is 3.34. The van der Waals surface area contributed by atoms with Crippen LogP contribution in [0.15, 0.2) is 91.0 Å². The Morgan fingerprint density at radius 2 is 0.794 bits per heavy atom. The fraction of sp³-hybridized carbons (Fsp3) is 0. The summed E-state index contributed by atoms with van der Waals surface area (Å²) in [6, 6.07) is 28.8. The van der Waals surface area contributed by atoms with Crippen molar-refractivity contribution in [2.45, 2.75) is 0 Å². The molecule has 0 saturated heterocycles. The van der Waals surface area contributed by atoms with Gasteiger partial charge in [-0.15, -0.1) is 0 Å². The van der Waals surface area contributed by atoms with Crippen LogP contribution in [0.3, 0.4) is 0 Å². The molecule has 2 nitrogen and oxygen atoms in total. The fourth-order valence-corrected chi connectivity index (χ4v) is 2.61. The first-order chi connectivity index (χ1) is 15.3. The van der Waals surface area contributed by atoms with Crippen molar-refractivity contribution >= 4 is 19.2 Å². The van der Waals surface area contributed by atoms with Crippen LogP contribution in [0.5, 0.6) is 0 Å². The van der Waals surface area contributed by atoms with Crippen molar-refractivity contribution in [2.75, 3.05) is 0 Å². The van der Waals surface area contributed by atoms with Gasteiger partial charge in [-0.3, -0.25) is 0 Å². The second-order valence-electron chi connectivity index (χ2n) is 6.63. The van der Waals surface area contributed by atoms with Crippen LogP contribution in [-0.4, -0.2) is 10.5 Å². The number of benzene rings is 3. The summed E-state index contributed by atoms with van der Waals surface area (Å²) in [4.78, 5) is 0. The van der Waals surface area contributed by atoms with Crippen molar-refractivity contribution in [3.63, 3.8) is 0 Å². The molecule has 3 aromatic carbocycles. The quantitative estimate of drug-likeness (QED) is 0.0622. The predicted molar refractivity (Wildman–Crippen MR) is 121 cm³/mol. The monoisotopic (exact) mass is 539 g/mol. The summed E-state index contributed by atoms with van der Waals surface area (Å²) in [5.41, 5.74) is 3.09. The minimum atomic E-state index is -10.7. The van der Waals surface area contributed by atoms with E-state index in [0.29, 0.717) is 11.4 Å². The number of hydrogen-bond acceptors (Lipinski definition) is 1. The largest absolute Gasteiger partial charge is 2.00 e. The third-order valence-electron chi connectivity index (χ3n) is 3.84. The van der Waals surface area contributed by atoms with Crippen LogP contribution in [-0.2, 0) is 17.1 Å².